The van der Waals surface area contributed by atoms with E-state index < -0.39 is 6.10 Å². The van der Waals surface area contributed by atoms with Gasteiger partial charge in [-0.1, -0.05) is 17.7 Å². The summed E-state index contributed by atoms with van der Waals surface area (Å²) in [6.07, 6.45) is 3.92. The topological polar surface area (TPSA) is 38.0 Å². The maximum Gasteiger partial charge on any atom is 0.0832 e. The first-order valence-electron chi connectivity index (χ1n) is 6.18. The van der Waals surface area contributed by atoms with Gasteiger partial charge in [-0.25, -0.2) is 4.68 Å². The maximum atomic E-state index is 9.51. The summed E-state index contributed by atoms with van der Waals surface area (Å²) in [5.74, 6) is 0.641. The van der Waals surface area contributed by atoms with Gasteiger partial charge in [-0.15, -0.1) is 0 Å². The zero-order valence-electron chi connectivity index (χ0n) is 10.2. The third kappa shape index (κ3) is 2.16. The second-order valence-electron chi connectivity index (χ2n) is 4.85. The number of nitrogens with zero attached hydrogens (tertiary/aromatic N) is 2. The molecule has 0 spiro atoms. The summed E-state index contributed by atoms with van der Waals surface area (Å²) >= 11 is 6.24. The molecule has 0 saturated heterocycles. The molecule has 4 heteroatoms. The molecule has 0 bridgehead atoms. The van der Waals surface area contributed by atoms with Crippen molar-refractivity contribution in [1.29, 1.82) is 0 Å². The van der Waals surface area contributed by atoms with Crippen LogP contribution < -0.4 is 0 Å². The summed E-state index contributed by atoms with van der Waals surface area (Å²) in [5.41, 5.74) is 2.82. The molecular formula is C14H15ClN2O. The Morgan fingerprint density at radius 1 is 1.39 bits per heavy atom. The molecule has 0 radical (unpaired) electrons. The fourth-order valence-electron chi connectivity index (χ4n) is 2.04. The van der Waals surface area contributed by atoms with Gasteiger partial charge in [0.25, 0.3) is 0 Å². The van der Waals surface area contributed by atoms with Gasteiger partial charge in [0.15, 0.2) is 0 Å². The van der Waals surface area contributed by atoms with E-state index in [1.807, 2.05) is 23.0 Å². The van der Waals surface area contributed by atoms with Crippen LogP contribution >= 0.6 is 11.6 Å². The minimum atomic E-state index is -0.504. The van der Waals surface area contributed by atoms with Crippen LogP contribution in [0.4, 0.5) is 0 Å². The van der Waals surface area contributed by atoms with E-state index in [-0.39, 0.29) is 0 Å². The Kier molecular flexibility index (Phi) is 2.88. The molecule has 1 aromatic carbocycles. The first kappa shape index (κ1) is 11.8. The summed E-state index contributed by atoms with van der Waals surface area (Å²) in [6.45, 7) is 1.73. The van der Waals surface area contributed by atoms with Crippen LogP contribution in [0.5, 0.6) is 0 Å². The Morgan fingerprint density at radius 3 is 2.78 bits per heavy atom. The quantitative estimate of drug-likeness (QED) is 0.920. The number of aliphatic hydroxyl groups excluding tert-OH is 1. The van der Waals surface area contributed by atoms with Gasteiger partial charge in [-0.05, 0) is 43.5 Å². The van der Waals surface area contributed by atoms with Gasteiger partial charge >= 0.3 is 0 Å². The van der Waals surface area contributed by atoms with Crippen LogP contribution in [0.1, 0.15) is 43.0 Å². The highest BCUT2D eigenvalue weighted by Gasteiger charge is 2.26. The second-order valence-corrected chi connectivity index (χ2v) is 5.25. The smallest absolute Gasteiger partial charge is 0.0832 e. The fourth-order valence-corrected chi connectivity index (χ4v) is 2.31. The van der Waals surface area contributed by atoms with Crippen LogP contribution in [0.15, 0.2) is 30.5 Å². The van der Waals surface area contributed by atoms with Crippen molar-refractivity contribution < 1.29 is 5.11 Å². The Hall–Kier alpha value is -1.32. The first-order valence-corrected chi connectivity index (χ1v) is 6.56. The Labute approximate surface area is 111 Å². The van der Waals surface area contributed by atoms with Gasteiger partial charge in [0.2, 0.25) is 0 Å². The van der Waals surface area contributed by atoms with E-state index in [1.54, 1.807) is 13.0 Å². The van der Waals surface area contributed by atoms with Crippen molar-refractivity contribution in [1.82, 2.24) is 9.78 Å². The summed E-state index contributed by atoms with van der Waals surface area (Å²) in [7, 11) is 0. The standard InChI is InChI=1S/C14H15ClN2O/c1-9(18)11-4-5-14(12(15)8-11)17-7-6-13(16-17)10-2-3-10/h4-10,18H,2-3H2,1H3. The van der Waals surface area contributed by atoms with Gasteiger partial charge < -0.3 is 5.11 Å². The Morgan fingerprint density at radius 2 is 2.17 bits per heavy atom. The molecule has 1 aromatic heterocycles. The highest BCUT2D eigenvalue weighted by atomic mass is 35.5. The van der Waals surface area contributed by atoms with Crippen LogP contribution in [0, 0.1) is 0 Å². The van der Waals surface area contributed by atoms with Crippen molar-refractivity contribution in [2.24, 2.45) is 0 Å². The van der Waals surface area contributed by atoms with E-state index in [4.69, 9.17) is 11.6 Å². The van der Waals surface area contributed by atoms with Crippen molar-refractivity contribution in [2.75, 3.05) is 0 Å². The molecule has 0 aliphatic heterocycles. The van der Waals surface area contributed by atoms with E-state index in [2.05, 4.69) is 11.2 Å². The monoisotopic (exact) mass is 262 g/mol. The third-order valence-corrected chi connectivity index (χ3v) is 3.61. The van der Waals surface area contributed by atoms with Gasteiger partial charge in [0.1, 0.15) is 0 Å². The van der Waals surface area contributed by atoms with E-state index in [9.17, 15) is 5.11 Å². The number of hydrogen-bond donors (Lipinski definition) is 1. The molecule has 3 rings (SSSR count). The highest BCUT2D eigenvalue weighted by molar-refractivity contribution is 6.32. The molecule has 1 aliphatic carbocycles. The van der Waals surface area contributed by atoms with Crippen molar-refractivity contribution in [3.8, 4) is 5.69 Å². The predicted octanol–water partition coefficient (Wildman–Crippen LogP) is 3.46. The molecule has 1 saturated carbocycles. The van der Waals surface area contributed by atoms with Crippen LogP contribution in [0.3, 0.4) is 0 Å². The third-order valence-electron chi connectivity index (χ3n) is 3.31. The normalized spacial score (nSPS) is 16.8. The lowest BCUT2D eigenvalue weighted by Gasteiger charge is -2.09. The average molecular weight is 263 g/mol. The van der Waals surface area contributed by atoms with E-state index in [0.29, 0.717) is 10.9 Å². The summed E-state index contributed by atoms with van der Waals surface area (Å²) in [6, 6.07) is 7.62. The molecule has 1 unspecified atom stereocenters. The van der Waals surface area contributed by atoms with E-state index in [0.717, 1.165) is 16.9 Å². The molecule has 3 nitrogen and oxygen atoms in total. The van der Waals surface area contributed by atoms with E-state index >= 15 is 0 Å². The maximum absolute atomic E-state index is 9.51. The highest BCUT2D eigenvalue weighted by Crippen LogP contribution is 2.39. The Bertz CT molecular complexity index is 573. The lowest BCUT2D eigenvalue weighted by atomic mass is 10.1. The number of rotatable bonds is 3. The minimum Gasteiger partial charge on any atom is -0.389 e. The number of halogens is 1. The van der Waals surface area contributed by atoms with Gasteiger partial charge in [0, 0.05) is 12.1 Å². The number of aliphatic hydroxyl groups is 1. The van der Waals surface area contributed by atoms with Crippen molar-refractivity contribution >= 4 is 11.6 Å². The largest absolute Gasteiger partial charge is 0.389 e. The molecule has 0 amide bonds. The summed E-state index contributed by atoms with van der Waals surface area (Å²) < 4.78 is 1.81. The SMILES string of the molecule is CC(O)c1ccc(-n2ccc(C3CC3)n2)c(Cl)c1. The van der Waals surface area contributed by atoms with E-state index in [1.165, 1.54) is 12.8 Å². The molecule has 2 aromatic rings. The second kappa shape index (κ2) is 4.41. The molecule has 1 atom stereocenters. The van der Waals surface area contributed by atoms with Gasteiger partial charge in [0.05, 0.1) is 22.5 Å². The zero-order chi connectivity index (χ0) is 12.7. The lowest BCUT2D eigenvalue weighted by Crippen LogP contribution is -1.99. The minimum absolute atomic E-state index is 0.504. The van der Waals surface area contributed by atoms with Gasteiger partial charge in [-0.2, -0.15) is 5.10 Å². The summed E-state index contributed by atoms with van der Waals surface area (Å²) in [5, 5.41) is 14.7. The molecule has 18 heavy (non-hydrogen) atoms. The molecule has 1 fully saturated rings. The van der Waals surface area contributed by atoms with Crippen molar-refractivity contribution in [3.05, 3.63) is 46.7 Å². The first-order chi connectivity index (χ1) is 8.65. The Balaban J connectivity index is 1.94. The fraction of sp³-hybridized carbons (Fsp3) is 0.357. The van der Waals surface area contributed by atoms with Crippen LogP contribution in [-0.2, 0) is 0 Å². The molecule has 1 heterocycles. The number of benzene rings is 1. The number of hydrogen-bond acceptors (Lipinski definition) is 2. The van der Waals surface area contributed by atoms with Crippen LogP contribution in [0.2, 0.25) is 5.02 Å². The van der Waals surface area contributed by atoms with Crippen molar-refractivity contribution in [2.45, 2.75) is 31.8 Å². The molecule has 94 valence electrons. The molecule has 1 N–H and O–H groups in total. The predicted molar refractivity (Wildman–Crippen MR) is 71.2 cm³/mol. The van der Waals surface area contributed by atoms with Crippen molar-refractivity contribution in [3.63, 3.8) is 0 Å². The number of aromatic nitrogens is 2. The average Bonchev–Trinajstić information content (AvgIpc) is 3.08. The summed E-state index contributed by atoms with van der Waals surface area (Å²) in [4.78, 5) is 0. The molecule has 1 aliphatic rings. The van der Waals surface area contributed by atoms with Crippen LogP contribution in [-0.4, -0.2) is 14.9 Å². The van der Waals surface area contributed by atoms with Gasteiger partial charge in [-0.3, -0.25) is 0 Å². The zero-order valence-corrected chi connectivity index (χ0v) is 10.9. The molecular weight excluding hydrogens is 248 g/mol. The van der Waals surface area contributed by atoms with Crippen LogP contribution in [0.25, 0.3) is 5.69 Å². The lowest BCUT2D eigenvalue weighted by molar-refractivity contribution is 0.199.